The summed E-state index contributed by atoms with van der Waals surface area (Å²) in [6.45, 7) is 5.54. The molecule has 1 aromatic carbocycles. The molecule has 0 spiro atoms. The third kappa shape index (κ3) is 3.44. The monoisotopic (exact) mass is 356 g/mol. The maximum atomic E-state index is 13.7. The molecular formula is C18H14F2N4O2. The Morgan fingerprint density at radius 1 is 1.12 bits per heavy atom. The lowest BCUT2D eigenvalue weighted by atomic mass is 10.2. The smallest absolute Gasteiger partial charge is 0.272 e. The molecule has 0 atom stereocenters. The minimum atomic E-state index is -0.717. The molecule has 2 heterocycles. The van der Waals surface area contributed by atoms with Crippen molar-refractivity contribution < 1.29 is 8.78 Å². The highest BCUT2D eigenvalue weighted by molar-refractivity contribution is 5.66. The van der Waals surface area contributed by atoms with E-state index in [2.05, 4.69) is 26.5 Å². The molecule has 0 bridgehead atoms. The van der Waals surface area contributed by atoms with E-state index in [1.807, 2.05) is 0 Å². The molecule has 2 aromatic heterocycles. The van der Waals surface area contributed by atoms with Crippen molar-refractivity contribution in [2.45, 2.75) is 6.92 Å². The zero-order valence-corrected chi connectivity index (χ0v) is 13.7. The van der Waals surface area contributed by atoms with Crippen LogP contribution in [-0.4, -0.2) is 19.9 Å². The molecule has 3 rings (SSSR count). The number of hydrogen-bond acceptors (Lipinski definition) is 3. The molecule has 0 aliphatic rings. The van der Waals surface area contributed by atoms with Gasteiger partial charge in [-0.3, -0.25) is 9.59 Å². The predicted octanol–water partition coefficient (Wildman–Crippen LogP) is 0.755. The number of nitrogens with one attached hydrogen (secondary N) is 3. The average Bonchev–Trinajstić information content (AvgIpc) is 3.04. The zero-order chi connectivity index (χ0) is 18.8. The first kappa shape index (κ1) is 17.3. The molecule has 132 valence electrons. The van der Waals surface area contributed by atoms with Gasteiger partial charge in [-0.2, -0.15) is 0 Å². The van der Waals surface area contributed by atoms with E-state index in [1.54, 1.807) is 6.92 Å². The van der Waals surface area contributed by atoms with Gasteiger partial charge in [0, 0.05) is 5.56 Å². The summed E-state index contributed by atoms with van der Waals surface area (Å²) >= 11 is 0. The van der Waals surface area contributed by atoms with Gasteiger partial charge in [-0.25, -0.2) is 13.8 Å². The van der Waals surface area contributed by atoms with Crippen LogP contribution in [0.15, 0.2) is 40.7 Å². The Morgan fingerprint density at radius 2 is 1.77 bits per heavy atom. The Kier molecular flexibility index (Phi) is 4.49. The largest absolute Gasteiger partial charge is 0.345 e. The number of halogens is 2. The molecule has 0 radical (unpaired) electrons. The molecule has 3 aromatic rings. The highest BCUT2D eigenvalue weighted by atomic mass is 19.1. The number of allylic oxidation sites excluding steroid dienone is 1. The minimum absolute atomic E-state index is 0.0152. The second-order valence-corrected chi connectivity index (χ2v) is 5.64. The normalized spacial score (nSPS) is 12.6. The fraction of sp³-hybridized carbons (Fsp3) is 0.0556. The molecule has 0 aliphatic heterocycles. The highest BCUT2D eigenvalue weighted by Gasteiger charge is 2.05. The summed E-state index contributed by atoms with van der Waals surface area (Å²) in [6.07, 6.45) is 3.93. The van der Waals surface area contributed by atoms with Crippen molar-refractivity contribution in [2.24, 2.45) is 0 Å². The molecule has 6 nitrogen and oxygen atoms in total. The number of hydrogen-bond donors (Lipinski definition) is 3. The Balaban J connectivity index is 2.17. The van der Waals surface area contributed by atoms with Crippen LogP contribution in [-0.2, 0) is 0 Å². The van der Waals surface area contributed by atoms with Crippen LogP contribution in [0.3, 0.4) is 0 Å². The van der Waals surface area contributed by atoms with Gasteiger partial charge in [-0.05, 0) is 42.8 Å². The second kappa shape index (κ2) is 6.75. The molecule has 0 aliphatic carbocycles. The predicted molar refractivity (Wildman–Crippen MR) is 93.7 cm³/mol. The first-order chi connectivity index (χ1) is 12.3. The van der Waals surface area contributed by atoms with Crippen molar-refractivity contribution >= 4 is 17.7 Å². The van der Waals surface area contributed by atoms with Crippen LogP contribution in [0.1, 0.15) is 23.9 Å². The molecule has 0 unspecified atom stereocenters. The molecule has 0 saturated heterocycles. The van der Waals surface area contributed by atoms with Gasteiger partial charge in [0.25, 0.3) is 11.1 Å². The molecule has 26 heavy (non-hydrogen) atoms. The number of imidazole rings is 1. The third-order valence-corrected chi connectivity index (χ3v) is 3.61. The van der Waals surface area contributed by atoms with E-state index in [-0.39, 0.29) is 16.3 Å². The fourth-order valence-corrected chi connectivity index (χ4v) is 2.38. The second-order valence-electron chi connectivity index (χ2n) is 5.64. The molecular weight excluding hydrogens is 342 g/mol. The lowest BCUT2D eigenvalue weighted by molar-refractivity contribution is 0.597. The molecule has 8 heteroatoms. The SMILES string of the molecule is C=C(C)c1nc[nH]c1/C=c1\[nH]c(=O)/c(=C/c2cc(F)ccc2F)[nH]c1=O. The van der Waals surface area contributed by atoms with Gasteiger partial charge >= 0.3 is 0 Å². The summed E-state index contributed by atoms with van der Waals surface area (Å²) in [4.78, 5) is 36.2. The van der Waals surface area contributed by atoms with E-state index in [0.29, 0.717) is 17.0 Å². The van der Waals surface area contributed by atoms with Crippen LogP contribution in [0, 0.1) is 11.6 Å². The number of H-pyrrole nitrogens is 3. The van der Waals surface area contributed by atoms with Gasteiger partial charge in [0.1, 0.15) is 22.3 Å². The summed E-state index contributed by atoms with van der Waals surface area (Å²) in [7, 11) is 0. The lowest BCUT2D eigenvalue weighted by Crippen LogP contribution is -2.46. The Labute approximate surface area is 145 Å². The summed E-state index contributed by atoms with van der Waals surface area (Å²) in [5.74, 6) is -1.38. The standard InChI is InChI=1S/C18H14F2N4O2/c1-9(2)16-13(21-8-22-16)7-15-18(26)23-14(17(25)24-15)6-10-5-11(19)3-4-12(10)20/h3-8H,1H2,2H3,(H,21,22)(H,23,26)(H,24,25)/b14-6-,15-7-. The minimum Gasteiger partial charge on any atom is -0.345 e. The molecule has 0 amide bonds. The van der Waals surface area contributed by atoms with Crippen LogP contribution in [0.4, 0.5) is 8.78 Å². The van der Waals surface area contributed by atoms with Crippen LogP contribution in [0.25, 0.3) is 17.7 Å². The van der Waals surface area contributed by atoms with E-state index in [0.717, 1.165) is 24.3 Å². The van der Waals surface area contributed by atoms with Crippen LogP contribution in [0.2, 0.25) is 0 Å². The van der Waals surface area contributed by atoms with Crippen molar-refractivity contribution in [3.63, 3.8) is 0 Å². The zero-order valence-electron chi connectivity index (χ0n) is 13.7. The van der Waals surface area contributed by atoms with E-state index in [9.17, 15) is 18.4 Å². The van der Waals surface area contributed by atoms with Crippen molar-refractivity contribution in [1.82, 2.24) is 19.9 Å². The van der Waals surface area contributed by atoms with Gasteiger partial charge in [-0.1, -0.05) is 6.58 Å². The number of rotatable bonds is 3. The Hall–Kier alpha value is -3.55. The maximum Gasteiger partial charge on any atom is 0.272 e. The number of aromatic amines is 3. The quantitative estimate of drug-likeness (QED) is 0.647. The maximum absolute atomic E-state index is 13.7. The first-order valence-electron chi connectivity index (χ1n) is 7.55. The summed E-state index contributed by atoms with van der Waals surface area (Å²) < 4.78 is 27.0. The van der Waals surface area contributed by atoms with Gasteiger partial charge in [0.2, 0.25) is 0 Å². The van der Waals surface area contributed by atoms with Crippen LogP contribution >= 0.6 is 0 Å². The van der Waals surface area contributed by atoms with Gasteiger partial charge < -0.3 is 15.0 Å². The Bertz CT molecular complexity index is 1240. The van der Waals surface area contributed by atoms with Crippen molar-refractivity contribution in [3.8, 4) is 0 Å². The number of nitrogens with zero attached hydrogens (tertiary/aromatic N) is 1. The van der Waals surface area contributed by atoms with E-state index < -0.39 is 22.8 Å². The summed E-state index contributed by atoms with van der Waals surface area (Å²) in [6, 6.07) is 2.82. The van der Waals surface area contributed by atoms with Gasteiger partial charge in [0.05, 0.1) is 17.7 Å². The fourth-order valence-electron chi connectivity index (χ4n) is 2.38. The highest BCUT2D eigenvalue weighted by Crippen LogP contribution is 2.12. The molecule has 3 N–H and O–H groups in total. The van der Waals surface area contributed by atoms with E-state index in [4.69, 9.17) is 0 Å². The topological polar surface area (TPSA) is 94.4 Å². The molecule has 0 saturated carbocycles. The lowest BCUT2D eigenvalue weighted by Gasteiger charge is -1.97. The first-order valence-corrected chi connectivity index (χ1v) is 7.55. The average molecular weight is 356 g/mol. The van der Waals surface area contributed by atoms with Crippen molar-refractivity contribution in [1.29, 1.82) is 0 Å². The summed E-state index contributed by atoms with van der Waals surface area (Å²) in [5, 5.41) is -0.208. The van der Waals surface area contributed by atoms with Crippen molar-refractivity contribution in [3.05, 3.63) is 91.1 Å². The van der Waals surface area contributed by atoms with E-state index in [1.165, 1.54) is 12.4 Å². The number of benzene rings is 1. The third-order valence-electron chi connectivity index (χ3n) is 3.61. The molecule has 0 fully saturated rings. The van der Waals surface area contributed by atoms with E-state index >= 15 is 0 Å². The summed E-state index contributed by atoms with van der Waals surface area (Å²) in [5.41, 5.74) is 0.337. The van der Waals surface area contributed by atoms with Crippen LogP contribution < -0.4 is 21.8 Å². The van der Waals surface area contributed by atoms with Gasteiger partial charge in [0.15, 0.2) is 0 Å². The Morgan fingerprint density at radius 3 is 2.42 bits per heavy atom. The van der Waals surface area contributed by atoms with Crippen LogP contribution in [0.5, 0.6) is 0 Å². The number of aromatic nitrogens is 4. The van der Waals surface area contributed by atoms with Gasteiger partial charge in [-0.15, -0.1) is 0 Å². The van der Waals surface area contributed by atoms with Crippen molar-refractivity contribution in [2.75, 3.05) is 0 Å².